The summed E-state index contributed by atoms with van der Waals surface area (Å²) in [4.78, 5) is 51.1. The van der Waals surface area contributed by atoms with Crippen LogP contribution in [0.15, 0.2) is 30.3 Å². The fourth-order valence-corrected chi connectivity index (χ4v) is 3.99. The number of amides is 4. The van der Waals surface area contributed by atoms with Gasteiger partial charge in [0.2, 0.25) is 23.6 Å². The highest BCUT2D eigenvalue weighted by atomic mass is 16.2. The lowest BCUT2D eigenvalue weighted by Crippen LogP contribution is -2.57. The maximum Gasteiger partial charge on any atom is 0.249 e. The molecule has 4 atom stereocenters. The van der Waals surface area contributed by atoms with Crippen LogP contribution in [0.3, 0.4) is 0 Å². The second kappa shape index (κ2) is 9.17. The minimum Gasteiger partial charge on any atom is -0.344 e. The van der Waals surface area contributed by atoms with E-state index in [-0.39, 0.29) is 17.7 Å². The summed E-state index contributed by atoms with van der Waals surface area (Å²) in [6.45, 7) is 2.30. The van der Waals surface area contributed by atoms with Crippen LogP contribution in [0.4, 0.5) is 0 Å². The number of piperidine rings is 1. The lowest BCUT2D eigenvalue weighted by molar-refractivity contribution is -0.143. The van der Waals surface area contributed by atoms with Crippen molar-refractivity contribution in [3.8, 4) is 0 Å². The van der Waals surface area contributed by atoms with Crippen LogP contribution in [0.25, 0.3) is 0 Å². The number of nitrogens with one attached hydrogen (secondary N) is 2. The molecule has 8 nitrogen and oxygen atoms in total. The zero-order chi connectivity index (χ0) is 21.0. The highest BCUT2D eigenvalue weighted by Crippen LogP contribution is 2.20. The van der Waals surface area contributed by atoms with Gasteiger partial charge in [-0.05, 0) is 37.2 Å². The van der Waals surface area contributed by atoms with E-state index in [4.69, 9.17) is 5.73 Å². The molecule has 2 saturated heterocycles. The number of rotatable bonds is 5. The summed E-state index contributed by atoms with van der Waals surface area (Å²) in [5.41, 5.74) is 7.06. The lowest BCUT2D eigenvalue weighted by atomic mass is 9.91. The average Bonchev–Trinajstić information content (AvgIpc) is 3.19. The summed E-state index contributed by atoms with van der Waals surface area (Å²) in [6, 6.07) is 7.27. The molecule has 1 aromatic carbocycles. The average molecular weight is 400 g/mol. The third-order valence-corrected chi connectivity index (χ3v) is 5.70. The van der Waals surface area contributed by atoms with Gasteiger partial charge in [0.05, 0.1) is 6.04 Å². The van der Waals surface area contributed by atoms with E-state index in [1.54, 1.807) is 0 Å². The van der Waals surface area contributed by atoms with E-state index in [1.165, 1.54) is 4.90 Å². The maximum atomic E-state index is 12.8. The summed E-state index contributed by atoms with van der Waals surface area (Å²) in [5.74, 6) is -1.58. The van der Waals surface area contributed by atoms with E-state index in [0.29, 0.717) is 38.6 Å². The number of hydrogen-bond donors (Lipinski definition) is 3. The van der Waals surface area contributed by atoms with E-state index in [0.717, 1.165) is 5.56 Å². The predicted molar refractivity (Wildman–Crippen MR) is 106 cm³/mol. The Kier molecular flexibility index (Phi) is 6.64. The summed E-state index contributed by atoms with van der Waals surface area (Å²) in [5, 5.41) is 5.03. The molecule has 0 radical (unpaired) electrons. The second-order valence-corrected chi connectivity index (χ2v) is 7.90. The Labute approximate surface area is 170 Å². The molecule has 4 N–H and O–H groups in total. The first-order valence-electron chi connectivity index (χ1n) is 10.1. The third-order valence-electron chi connectivity index (χ3n) is 5.70. The van der Waals surface area contributed by atoms with Crippen molar-refractivity contribution in [3.05, 3.63) is 35.9 Å². The molecule has 2 heterocycles. The molecule has 1 aromatic rings. The van der Waals surface area contributed by atoms with Crippen molar-refractivity contribution in [1.82, 2.24) is 15.5 Å². The fourth-order valence-electron chi connectivity index (χ4n) is 3.99. The standard InChI is InChI=1S/C21H28N4O4/c1-13-9-10-17(26)23-18(13)20(28)24-19(27)16-8-5-11-25(16)21(29)15(22)12-14-6-3-2-4-7-14/h2-4,6-7,13,15-16,18H,5,8-12,22H2,1H3,(H,23,26)(H,24,27,28)/t13?,15-,16-,18?/m0/s1. The number of benzene rings is 1. The molecule has 29 heavy (non-hydrogen) atoms. The van der Waals surface area contributed by atoms with Gasteiger partial charge in [0.25, 0.3) is 0 Å². The number of imide groups is 1. The Hall–Kier alpha value is -2.74. The molecule has 4 amide bonds. The van der Waals surface area contributed by atoms with Gasteiger partial charge in [-0.1, -0.05) is 37.3 Å². The Balaban J connectivity index is 1.60. The van der Waals surface area contributed by atoms with E-state index in [2.05, 4.69) is 10.6 Å². The number of hydrogen-bond acceptors (Lipinski definition) is 5. The fraction of sp³-hybridized carbons (Fsp3) is 0.524. The SMILES string of the molecule is CC1CCC(=O)NC1C(=O)NC(=O)[C@@H]1CCCN1C(=O)[C@@H](N)Cc1ccccc1. The van der Waals surface area contributed by atoms with Crippen LogP contribution in [0.2, 0.25) is 0 Å². The van der Waals surface area contributed by atoms with Gasteiger partial charge in [0.1, 0.15) is 12.1 Å². The van der Waals surface area contributed by atoms with Gasteiger partial charge in [-0.2, -0.15) is 0 Å². The van der Waals surface area contributed by atoms with Gasteiger partial charge < -0.3 is 16.0 Å². The normalized spacial score (nSPS) is 25.2. The van der Waals surface area contributed by atoms with Crippen LogP contribution in [0.1, 0.15) is 38.2 Å². The smallest absolute Gasteiger partial charge is 0.249 e. The topological polar surface area (TPSA) is 122 Å². The Morgan fingerprint density at radius 2 is 1.93 bits per heavy atom. The number of likely N-dealkylation sites (tertiary alicyclic amines) is 1. The summed E-state index contributed by atoms with van der Waals surface area (Å²) in [7, 11) is 0. The largest absolute Gasteiger partial charge is 0.344 e. The predicted octanol–water partition coefficient (Wildman–Crippen LogP) is 0.105. The first-order valence-corrected chi connectivity index (χ1v) is 10.1. The lowest BCUT2D eigenvalue weighted by Gasteiger charge is -2.30. The molecule has 3 rings (SSSR count). The van der Waals surface area contributed by atoms with Crippen molar-refractivity contribution in [2.75, 3.05) is 6.54 Å². The molecule has 2 aliphatic heterocycles. The van der Waals surface area contributed by atoms with Gasteiger partial charge in [-0.15, -0.1) is 0 Å². The number of carbonyl (C=O) groups is 4. The monoisotopic (exact) mass is 400 g/mol. The number of carbonyl (C=O) groups excluding carboxylic acids is 4. The van der Waals surface area contributed by atoms with Crippen molar-refractivity contribution in [3.63, 3.8) is 0 Å². The van der Waals surface area contributed by atoms with Gasteiger partial charge in [-0.25, -0.2) is 0 Å². The van der Waals surface area contributed by atoms with E-state index in [1.807, 2.05) is 37.3 Å². The van der Waals surface area contributed by atoms with Gasteiger partial charge in [0.15, 0.2) is 0 Å². The molecular formula is C21H28N4O4. The zero-order valence-electron chi connectivity index (χ0n) is 16.6. The van der Waals surface area contributed by atoms with Crippen molar-refractivity contribution in [2.45, 2.75) is 57.2 Å². The Morgan fingerprint density at radius 3 is 2.66 bits per heavy atom. The first kappa shape index (κ1) is 21.0. The van der Waals surface area contributed by atoms with Crippen LogP contribution in [0.5, 0.6) is 0 Å². The molecule has 8 heteroatoms. The van der Waals surface area contributed by atoms with E-state index >= 15 is 0 Å². The second-order valence-electron chi connectivity index (χ2n) is 7.90. The van der Waals surface area contributed by atoms with Crippen LogP contribution >= 0.6 is 0 Å². The van der Waals surface area contributed by atoms with E-state index in [9.17, 15) is 19.2 Å². The Bertz CT molecular complexity index is 782. The van der Waals surface area contributed by atoms with Crippen molar-refractivity contribution in [2.24, 2.45) is 11.7 Å². The number of nitrogens with zero attached hydrogens (tertiary/aromatic N) is 1. The van der Waals surface area contributed by atoms with Crippen molar-refractivity contribution >= 4 is 23.6 Å². The van der Waals surface area contributed by atoms with E-state index < -0.39 is 29.9 Å². The van der Waals surface area contributed by atoms with Crippen LogP contribution in [-0.4, -0.2) is 53.2 Å². The molecule has 2 aliphatic rings. The molecule has 0 spiro atoms. The van der Waals surface area contributed by atoms with Gasteiger partial charge in [-0.3, -0.25) is 24.5 Å². The minimum atomic E-state index is -0.751. The minimum absolute atomic E-state index is 0.0545. The highest BCUT2D eigenvalue weighted by molar-refractivity contribution is 6.03. The molecule has 156 valence electrons. The molecular weight excluding hydrogens is 372 g/mol. The van der Waals surface area contributed by atoms with Crippen LogP contribution < -0.4 is 16.4 Å². The molecule has 0 aromatic heterocycles. The molecule has 0 aliphatic carbocycles. The van der Waals surface area contributed by atoms with Crippen LogP contribution in [0, 0.1) is 5.92 Å². The third kappa shape index (κ3) is 5.00. The van der Waals surface area contributed by atoms with Gasteiger partial charge in [0, 0.05) is 13.0 Å². The highest BCUT2D eigenvalue weighted by Gasteiger charge is 2.38. The molecule has 0 saturated carbocycles. The number of nitrogens with two attached hydrogens (primary N) is 1. The first-order chi connectivity index (χ1) is 13.9. The van der Waals surface area contributed by atoms with Gasteiger partial charge >= 0.3 is 0 Å². The van der Waals surface area contributed by atoms with Crippen molar-refractivity contribution in [1.29, 1.82) is 0 Å². The quantitative estimate of drug-likeness (QED) is 0.606. The maximum absolute atomic E-state index is 12.8. The Morgan fingerprint density at radius 1 is 1.21 bits per heavy atom. The van der Waals surface area contributed by atoms with Crippen molar-refractivity contribution < 1.29 is 19.2 Å². The molecule has 0 bridgehead atoms. The zero-order valence-corrected chi connectivity index (χ0v) is 16.6. The summed E-state index contributed by atoms with van der Waals surface area (Å²) < 4.78 is 0. The molecule has 2 unspecified atom stereocenters. The van der Waals surface area contributed by atoms with Crippen LogP contribution in [-0.2, 0) is 25.6 Å². The summed E-state index contributed by atoms with van der Waals surface area (Å²) in [6.07, 6.45) is 2.51. The summed E-state index contributed by atoms with van der Waals surface area (Å²) >= 11 is 0. The molecule has 2 fully saturated rings.